The van der Waals surface area contributed by atoms with E-state index in [0.717, 1.165) is 16.2 Å². The Morgan fingerprint density at radius 1 is 1.20 bits per heavy atom. The zero-order valence-electron chi connectivity index (χ0n) is 14.3. The molecular formula is C19H21N3O2S. The molecule has 0 aliphatic rings. The summed E-state index contributed by atoms with van der Waals surface area (Å²) >= 11 is 1.44. The van der Waals surface area contributed by atoms with Crippen molar-refractivity contribution in [3.05, 3.63) is 48.5 Å². The molecule has 0 fully saturated rings. The maximum absolute atomic E-state index is 12.7. The summed E-state index contributed by atoms with van der Waals surface area (Å²) in [6, 6.07) is 15.3. The quantitative estimate of drug-likeness (QED) is 0.614. The topological polar surface area (TPSA) is 67.0 Å². The monoisotopic (exact) mass is 355 g/mol. The first kappa shape index (κ1) is 17.4. The van der Waals surface area contributed by atoms with Crippen molar-refractivity contribution in [3.63, 3.8) is 0 Å². The van der Waals surface area contributed by atoms with Gasteiger partial charge < -0.3 is 15.0 Å². The van der Waals surface area contributed by atoms with Gasteiger partial charge in [-0.1, -0.05) is 43.0 Å². The Hall–Kier alpha value is -2.47. The van der Waals surface area contributed by atoms with Crippen LogP contribution in [0, 0.1) is 0 Å². The number of carbonyl (C=O) groups excluding carboxylic acids is 1. The van der Waals surface area contributed by atoms with Gasteiger partial charge in [-0.25, -0.2) is 4.98 Å². The van der Waals surface area contributed by atoms with Crippen molar-refractivity contribution >= 4 is 34.4 Å². The molecule has 0 saturated heterocycles. The molecule has 130 valence electrons. The van der Waals surface area contributed by atoms with Crippen LogP contribution in [0.15, 0.2) is 53.7 Å². The Kier molecular flexibility index (Phi) is 5.60. The molecule has 2 aromatic carbocycles. The molecule has 6 heteroatoms. The van der Waals surface area contributed by atoms with Crippen LogP contribution in [-0.2, 0) is 4.79 Å². The molecule has 0 aliphatic carbocycles. The largest absolute Gasteiger partial charge is 0.492 e. The van der Waals surface area contributed by atoms with Crippen molar-refractivity contribution in [2.24, 2.45) is 0 Å². The van der Waals surface area contributed by atoms with Crippen LogP contribution in [0.1, 0.15) is 20.3 Å². The number of fused-ring (bicyclic) bond motifs is 1. The minimum absolute atomic E-state index is 0.0555. The predicted octanol–water partition coefficient (Wildman–Crippen LogP) is 4.47. The van der Waals surface area contributed by atoms with Crippen LogP contribution in [0.4, 0.5) is 5.69 Å². The lowest BCUT2D eigenvalue weighted by atomic mass is 10.2. The number of aromatic amines is 1. The number of carbonyl (C=O) groups is 1. The van der Waals surface area contributed by atoms with Gasteiger partial charge in [-0.3, -0.25) is 4.79 Å². The number of nitrogens with zero attached hydrogens (tertiary/aromatic N) is 1. The SMILES string of the molecule is CCOc1ccccc1NC(=O)C(CC)Sc1nc2ccccc2[nH]1. The number of hydrogen-bond acceptors (Lipinski definition) is 4. The lowest BCUT2D eigenvalue weighted by molar-refractivity contribution is -0.115. The van der Waals surface area contributed by atoms with E-state index in [2.05, 4.69) is 15.3 Å². The van der Waals surface area contributed by atoms with Crippen LogP contribution in [0.2, 0.25) is 0 Å². The van der Waals surface area contributed by atoms with Crippen molar-refractivity contribution in [3.8, 4) is 5.75 Å². The molecular weight excluding hydrogens is 334 g/mol. The van der Waals surface area contributed by atoms with Crippen LogP contribution in [-0.4, -0.2) is 27.7 Å². The lowest BCUT2D eigenvalue weighted by Gasteiger charge is -2.15. The highest BCUT2D eigenvalue weighted by molar-refractivity contribution is 8.00. The smallest absolute Gasteiger partial charge is 0.238 e. The van der Waals surface area contributed by atoms with Gasteiger partial charge in [0.25, 0.3) is 0 Å². The van der Waals surface area contributed by atoms with E-state index < -0.39 is 0 Å². The zero-order chi connectivity index (χ0) is 17.6. The fourth-order valence-corrected chi connectivity index (χ4v) is 3.43. The van der Waals surface area contributed by atoms with Crippen molar-refractivity contribution in [1.29, 1.82) is 0 Å². The second-order valence-electron chi connectivity index (χ2n) is 5.49. The second kappa shape index (κ2) is 8.07. The summed E-state index contributed by atoms with van der Waals surface area (Å²) in [7, 11) is 0. The number of H-pyrrole nitrogens is 1. The summed E-state index contributed by atoms with van der Waals surface area (Å²) in [6.07, 6.45) is 0.699. The van der Waals surface area contributed by atoms with Gasteiger partial charge in [0, 0.05) is 0 Å². The molecule has 25 heavy (non-hydrogen) atoms. The summed E-state index contributed by atoms with van der Waals surface area (Å²) in [6.45, 7) is 4.47. The van der Waals surface area contributed by atoms with Crippen molar-refractivity contribution in [1.82, 2.24) is 9.97 Å². The van der Waals surface area contributed by atoms with Crippen LogP contribution in [0.25, 0.3) is 11.0 Å². The Labute approximate surface area is 151 Å². The first-order valence-corrected chi connectivity index (χ1v) is 9.23. The minimum atomic E-state index is -0.241. The summed E-state index contributed by atoms with van der Waals surface area (Å²) in [5.74, 6) is 0.627. The molecule has 5 nitrogen and oxygen atoms in total. The molecule has 3 aromatic rings. The van der Waals surface area contributed by atoms with E-state index in [1.54, 1.807) is 0 Å². The number of amides is 1. The third-order valence-corrected chi connectivity index (χ3v) is 4.98. The second-order valence-corrected chi connectivity index (χ2v) is 6.68. The molecule has 0 saturated carbocycles. The van der Waals surface area contributed by atoms with Crippen LogP contribution >= 0.6 is 11.8 Å². The Balaban J connectivity index is 1.73. The Morgan fingerprint density at radius 2 is 1.96 bits per heavy atom. The van der Waals surface area contributed by atoms with E-state index in [4.69, 9.17) is 4.74 Å². The predicted molar refractivity (Wildman–Crippen MR) is 102 cm³/mol. The number of rotatable bonds is 7. The Morgan fingerprint density at radius 3 is 2.72 bits per heavy atom. The average Bonchev–Trinajstić information content (AvgIpc) is 3.04. The number of thioether (sulfide) groups is 1. The molecule has 1 amide bonds. The van der Waals surface area contributed by atoms with Gasteiger partial charge >= 0.3 is 0 Å². The number of anilines is 1. The number of benzene rings is 2. The van der Waals surface area contributed by atoms with Crippen LogP contribution in [0.5, 0.6) is 5.75 Å². The summed E-state index contributed by atoms with van der Waals surface area (Å²) in [4.78, 5) is 20.5. The van der Waals surface area contributed by atoms with E-state index in [1.807, 2.05) is 62.4 Å². The molecule has 2 N–H and O–H groups in total. The van der Waals surface area contributed by atoms with Crippen molar-refractivity contribution in [2.45, 2.75) is 30.7 Å². The molecule has 0 spiro atoms. The highest BCUT2D eigenvalue weighted by Crippen LogP contribution is 2.28. The lowest BCUT2D eigenvalue weighted by Crippen LogP contribution is -2.25. The standard InChI is InChI=1S/C19H21N3O2S/c1-3-17(25-19-21-13-9-5-6-10-14(13)22-19)18(23)20-15-11-7-8-12-16(15)24-4-2/h5-12,17H,3-4H2,1-2H3,(H,20,23)(H,21,22). The molecule has 1 atom stereocenters. The van der Waals surface area contributed by atoms with E-state index in [9.17, 15) is 4.79 Å². The summed E-state index contributed by atoms with van der Waals surface area (Å²) in [5, 5.41) is 3.48. The van der Waals surface area contributed by atoms with Crippen molar-refractivity contribution in [2.75, 3.05) is 11.9 Å². The fourth-order valence-electron chi connectivity index (χ4n) is 2.51. The minimum Gasteiger partial charge on any atom is -0.492 e. The highest BCUT2D eigenvalue weighted by atomic mass is 32.2. The van der Waals surface area contributed by atoms with Crippen molar-refractivity contribution < 1.29 is 9.53 Å². The van der Waals surface area contributed by atoms with E-state index in [1.165, 1.54) is 11.8 Å². The number of para-hydroxylation sites is 4. The molecule has 1 heterocycles. The zero-order valence-corrected chi connectivity index (χ0v) is 15.1. The number of aromatic nitrogens is 2. The number of hydrogen-bond donors (Lipinski definition) is 2. The third-order valence-electron chi connectivity index (χ3n) is 3.73. The third kappa shape index (κ3) is 4.14. The van der Waals surface area contributed by atoms with Crippen LogP contribution in [0.3, 0.4) is 0 Å². The first-order chi connectivity index (χ1) is 12.2. The fraction of sp³-hybridized carbons (Fsp3) is 0.263. The van der Waals surface area contributed by atoms with Gasteiger partial charge in [0.05, 0.1) is 28.6 Å². The summed E-state index contributed by atoms with van der Waals surface area (Å²) in [5.41, 5.74) is 2.57. The molecule has 1 unspecified atom stereocenters. The number of ether oxygens (including phenoxy) is 1. The van der Waals surface area contributed by atoms with E-state index in [0.29, 0.717) is 24.5 Å². The van der Waals surface area contributed by atoms with E-state index in [-0.39, 0.29) is 11.2 Å². The molecule has 0 bridgehead atoms. The number of imidazole rings is 1. The highest BCUT2D eigenvalue weighted by Gasteiger charge is 2.21. The maximum atomic E-state index is 12.7. The van der Waals surface area contributed by atoms with E-state index >= 15 is 0 Å². The summed E-state index contributed by atoms with van der Waals surface area (Å²) < 4.78 is 5.57. The molecule has 0 aliphatic heterocycles. The Bertz CT molecular complexity index is 830. The van der Waals surface area contributed by atoms with Crippen LogP contribution < -0.4 is 10.1 Å². The van der Waals surface area contributed by atoms with Gasteiger partial charge in [-0.15, -0.1) is 0 Å². The first-order valence-electron chi connectivity index (χ1n) is 8.35. The molecule has 1 aromatic heterocycles. The van der Waals surface area contributed by atoms with Gasteiger partial charge in [-0.05, 0) is 37.6 Å². The molecule has 3 rings (SSSR count). The maximum Gasteiger partial charge on any atom is 0.238 e. The average molecular weight is 355 g/mol. The normalized spacial score (nSPS) is 12.1. The van der Waals surface area contributed by atoms with Gasteiger partial charge in [0.1, 0.15) is 5.75 Å². The number of nitrogens with one attached hydrogen (secondary N) is 2. The van der Waals surface area contributed by atoms with Gasteiger partial charge in [-0.2, -0.15) is 0 Å². The molecule has 0 radical (unpaired) electrons. The van der Waals surface area contributed by atoms with Gasteiger partial charge in [0.15, 0.2) is 5.16 Å². The van der Waals surface area contributed by atoms with Gasteiger partial charge in [0.2, 0.25) is 5.91 Å².